The Morgan fingerprint density at radius 2 is 1.70 bits per heavy atom. The fourth-order valence-corrected chi connectivity index (χ4v) is 3.26. The number of hydrogen-bond donors (Lipinski definition) is 2. The van der Waals surface area contributed by atoms with Crippen molar-refractivity contribution in [3.05, 3.63) is 96.3 Å². The first-order valence-electron chi connectivity index (χ1n) is 9.85. The molecule has 3 aromatic carbocycles. The van der Waals surface area contributed by atoms with Crippen LogP contribution in [0, 0.1) is 0 Å². The molecule has 4 aromatic rings. The number of nitrogens with two attached hydrogens (primary N) is 1. The summed E-state index contributed by atoms with van der Waals surface area (Å²) in [7, 11) is 0. The summed E-state index contributed by atoms with van der Waals surface area (Å²) < 4.78 is 1.80. The smallest absolute Gasteiger partial charge is 0.224 e. The van der Waals surface area contributed by atoms with Crippen molar-refractivity contribution in [1.82, 2.24) is 15.0 Å². The van der Waals surface area contributed by atoms with Gasteiger partial charge in [-0.25, -0.2) is 4.68 Å². The molecule has 0 bridgehead atoms. The van der Waals surface area contributed by atoms with Gasteiger partial charge in [-0.3, -0.25) is 4.79 Å². The maximum absolute atomic E-state index is 12.2. The third kappa shape index (κ3) is 4.91. The molecule has 0 saturated carbocycles. The van der Waals surface area contributed by atoms with Crippen LogP contribution in [0.25, 0.3) is 11.1 Å². The van der Waals surface area contributed by atoms with Crippen LogP contribution in [0.3, 0.4) is 0 Å². The van der Waals surface area contributed by atoms with E-state index < -0.39 is 0 Å². The average Bonchev–Trinajstić information content (AvgIpc) is 3.22. The molecule has 0 aliphatic rings. The van der Waals surface area contributed by atoms with Crippen LogP contribution < -0.4 is 11.1 Å². The third-order valence-electron chi connectivity index (χ3n) is 4.81. The second kappa shape index (κ2) is 9.05. The fourth-order valence-electron chi connectivity index (χ4n) is 3.26. The minimum atomic E-state index is -0.0991. The van der Waals surface area contributed by atoms with Gasteiger partial charge in [0.05, 0.1) is 23.6 Å². The number of hydrogen-bond acceptors (Lipinski definition) is 4. The molecular weight excluding hydrogens is 374 g/mol. The number of amides is 1. The molecule has 150 valence electrons. The first kappa shape index (κ1) is 19.4. The zero-order valence-corrected chi connectivity index (χ0v) is 16.5. The number of carbonyl (C=O) groups excluding carboxylic acids is 1. The third-order valence-corrected chi connectivity index (χ3v) is 4.81. The van der Waals surface area contributed by atoms with Gasteiger partial charge in [-0.15, -0.1) is 5.10 Å². The summed E-state index contributed by atoms with van der Waals surface area (Å²) >= 11 is 0. The number of aryl methyl sites for hydroxylation is 1. The number of nitrogens with one attached hydrogen (secondary N) is 1. The number of nitrogens with zero attached hydrogens (tertiary/aromatic N) is 3. The summed E-state index contributed by atoms with van der Waals surface area (Å²) in [4.78, 5) is 12.2. The second-order valence-electron chi connectivity index (χ2n) is 7.11. The average molecular weight is 397 g/mol. The summed E-state index contributed by atoms with van der Waals surface area (Å²) in [6.07, 6.45) is 2.72. The largest absolute Gasteiger partial charge is 0.397 e. The van der Waals surface area contributed by atoms with Crippen LogP contribution in [0.4, 0.5) is 11.4 Å². The molecule has 0 aliphatic carbocycles. The number of benzene rings is 3. The van der Waals surface area contributed by atoms with Gasteiger partial charge in [0.2, 0.25) is 5.91 Å². The lowest BCUT2D eigenvalue weighted by Crippen LogP contribution is -2.13. The fraction of sp³-hybridized carbons (Fsp3) is 0.125. The van der Waals surface area contributed by atoms with E-state index in [9.17, 15) is 4.79 Å². The first-order chi connectivity index (χ1) is 14.7. The van der Waals surface area contributed by atoms with Crippen molar-refractivity contribution < 1.29 is 4.79 Å². The van der Waals surface area contributed by atoms with E-state index in [1.165, 1.54) is 11.1 Å². The number of anilines is 2. The molecular formula is C24H23N5O. The molecule has 0 atom stereocenters. The van der Waals surface area contributed by atoms with Crippen LogP contribution in [-0.2, 0) is 17.8 Å². The highest BCUT2D eigenvalue weighted by Crippen LogP contribution is 2.20. The van der Waals surface area contributed by atoms with E-state index >= 15 is 0 Å². The van der Waals surface area contributed by atoms with Crippen molar-refractivity contribution in [2.45, 2.75) is 19.4 Å². The van der Waals surface area contributed by atoms with Gasteiger partial charge in [-0.05, 0) is 34.9 Å². The Labute approximate surface area is 175 Å². The molecule has 0 spiro atoms. The Bertz CT molecular complexity index is 1140. The summed E-state index contributed by atoms with van der Waals surface area (Å²) in [5.74, 6) is -0.0991. The Morgan fingerprint density at radius 3 is 2.53 bits per heavy atom. The number of carbonyl (C=O) groups is 1. The Hall–Kier alpha value is -3.93. The molecule has 6 nitrogen and oxygen atoms in total. The molecule has 0 radical (unpaired) electrons. The maximum Gasteiger partial charge on any atom is 0.224 e. The van der Waals surface area contributed by atoms with Crippen molar-refractivity contribution in [3.8, 4) is 11.1 Å². The minimum absolute atomic E-state index is 0.0991. The molecule has 1 aromatic heterocycles. The zero-order valence-electron chi connectivity index (χ0n) is 16.5. The van der Waals surface area contributed by atoms with Gasteiger partial charge >= 0.3 is 0 Å². The van der Waals surface area contributed by atoms with Crippen LogP contribution >= 0.6 is 0 Å². The Balaban J connectivity index is 1.34. The predicted octanol–water partition coefficient (Wildman–Crippen LogP) is 4.15. The monoisotopic (exact) mass is 397 g/mol. The number of nitrogen functional groups attached to an aromatic ring is 1. The van der Waals surface area contributed by atoms with Crippen molar-refractivity contribution in [2.24, 2.45) is 0 Å². The molecule has 4 rings (SSSR count). The lowest BCUT2D eigenvalue weighted by atomic mass is 10.0. The van der Waals surface area contributed by atoms with Gasteiger partial charge in [-0.2, -0.15) is 0 Å². The quantitative estimate of drug-likeness (QED) is 0.459. The summed E-state index contributed by atoms with van der Waals surface area (Å²) in [6.45, 7) is 0.625. The van der Waals surface area contributed by atoms with E-state index in [0.29, 0.717) is 30.8 Å². The summed E-state index contributed by atoms with van der Waals surface area (Å²) in [5, 5.41) is 11.2. The van der Waals surface area contributed by atoms with Crippen LogP contribution in [0.2, 0.25) is 0 Å². The van der Waals surface area contributed by atoms with Gasteiger partial charge in [0, 0.05) is 19.0 Å². The SMILES string of the molecule is Nc1ccccc1NC(=O)CCc1cn(Cc2cccc(-c3ccccc3)c2)nn1. The van der Waals surface area contributed by atoms with Crippen LogP contribution in [0.15, 0.2) is 85.1 Å². The highest BCUT2D eigenvalue weighted by atomic mass is 16.1. The molecule has 0 aliphatic heterocycles. The molecule has 0 fully saturated rings. The number of rotatable bonds is 7. The van der Waals surface area contributed by atoms with E-state index in [4.69, 9.17) is 5.73 Å². The van der Waals surface area contributed by atoms with E-state index in [1.807, 2.05) is 36.5 Å². The topological polar surface area (TPSA) is 85.8 Å². The molecule has 3 N–H and O–H groups in total. The van der Waals surface area contributed by atoms with Gasteiger partial charge < -0.3 is 11.1 Å². The standard InChI is InChI=1S/C24H23N5O/c25-22-11-4-5-12-23(22)26-24(30)14-13-21-17-29(28-27-21)16-18-7-6-10-20(15-18)19-8-2-1-3-9-19/h1-12,15,17H,13-14,16,25H2,(H,26,30). The molecule has 1 heterocycles. The highest BCUT2D eigenvalue weighted by Gasteiger charge is 2.08. The highest BCUT2D eigenvalue weighted by molar-refractivity contribution is 5.93. The van der Waals surface area contributed by atoms with Crippen molar-refractivity contribution in [3.63, 3.8) is 0 Å². The molecule has 0 saturated heterocycles. The number of aromatic nitrogens is 3. The van der Waals surface area contributed by atoms with Crippen molar-refractivity contribution >= 4 is 17.3 Å². The van der Waals surface area contributed by atoms with Crippen LogP contribution in [-0.4, -0.2) is 20.9 Å². The first-order valence-corrected chi connectivity index (χ1v) is 9.85. The van der Waals surface area contributed by atoms with Crippen molar-refractivity contribution in [2.75, 3.05) is 11.1 Å². The molecule has 0 unspecified atom stereocenters. The molecule has 6 heteroatoms. The van der Waals surface area contributed by atoms with Gasteiger partial charge in [0.25, 0.3) is 0 Å². The second-order valence-corrected chi connectivity index (χ2v) is 7.11. The number of para-hydroxylation sites is 2. The van der Waals surface area contributed by atoms with Gasteiger partial charge in [0.15, 0.2) is 0 Å². The molecule has 1 amide bonds. The Kier molecular flexibility index (Phi) is 5.85. The van der Waals surface area contributed by atoms with E-state index in [2.05, 4.69) is 52.0 Å². The summed E-state index contributed by atoms with van der Waals surface area (Å²) in [5.41, 5.74) is 11.3. The van der Waals surface area contributed by atoms with Crippen LogP contribution in [0.5, 0.6) is 0 Å². The van der Waals surface area contributed by atoms with Crippen LogP contribution in [0.1, 0.15) is 17.7 Å². The van der Waals surface area contributed by atoms with Crippen molar-refractivity contribution in [1.29, 1.82) is 0 Å². The summed E-state index contributed by atoms with van der Waals surface area (Å²) in [6, 6.07) is 25.9. The zero-order chi connectivity index (χ0) is 20.8. The maximum atomic E-state index is 12.2. The van der Waals surface area contributed by atoms with Gasteiger partial charge in [-0.1, -0.05) is 65.9 Å². The predicted molar refractivity (Wildman–Crippen MR) is 119 cm³/mol. The lowest BCUT2D eigenvalue weighted by molar-refractivity contribution is -0.116. The lowest BCUT2D eigenvalue weighted by Gasteiger charge is -2.07. The van der Waals surface area contributed by atoms with E-state index in [-0.39, 0.29) is 5.91 Å². The minimum Gasteiger partial charge on any atom is -0.397 e. The van der Waals surface area contributed by atoms with E-state index in [0.717, 1.165) is 11.3 Å². The van der Waals surface area contributed by atoms with E-state index in [1.54, 1.807) is 16.8 Å². The molecule has 30 heavy (non-hydrogen) atoms. The van der Waals surface area contributed by atoms with Gasteiger partial charge in [0.1, 0.15) is 0 Å². The normalized spacial score (nSPS) is 10.7. The Morgan fingerprint density at radius 1 is 0.933 bits per heavy atom.